The van der Waals surface area contributed by atoms with E-state index >= 15 is 0 Å². The number of aromatic nitrogens is 2. The molecule has 1 aromatic heterocycles. The lowest BCUT2D eigenvalue weighted by atomic mass is 10.1. The molecule has 0 saturated heterocycles. The second-order valence-corrected chi connectivity index (χ2v) is 5.49. The van der Waals surface area contributed by atoms with Gasteiger partial charge in [-0.15, -0.1) is 0 Å². The molecule has 5 heteroatoms. The van der Waals surface area contributed by atoms with Crippen molar-refractivity contribution in [2.24, 2.45) is 0 Å². The molecule has 0 atom stereocenters. The summed E-state index contributed by atoms with van der Waals surface area (Å²) in [6, 6.07) is 16.6. The van der Waals surface area contributed by atoms with Crippen LogP contribution in [0, 0.1) is 0 Å². The van der Waals surface area contributed by atoms with Crippen LogP contribution in [0.2, 0.25) is 0 Å². The van der Waals surface area contributed by atoms with Crippen molar-refractivity contribution in [3.05, 3.63) is 78.1 Å². The normalized spacial score (nSPS) is 10.4. The fourth-order valence-electron chi connectivity index (χ4n) is 2.38. The van der Waals surface area contributed by atoms with Crippen LogP contribution in [0.5, 0.6) is 0 Å². The highest BCUT2D eigenvalue weighted by atomic mass is 16.1. The smallest absolute Gasteiger partial charge is 0.228 e. The van der Waals surface area contributed by atoms with Crippen molar-refractivity contribution in [2.45, 2.75) is 13.3 Å². The van der Waals surface area contributed by atoms with Crippen LogP contribution in [-0.2, 0) is 11.2 Å². The maximum Gasteiger partial charge on any atom is 0.228 e. The molecule has 120 valence electrons. The van der Waals surface area contributed by atoms with E-state index in [2.05, 4.69) is 10.4 Å². The molecule has 5 nitrogen and oxygen atoms in total. The van der Waals surface area contributed by atoms with Crippen LogP contribution in [0.15, 0.2) is 67.0 Å². The van der Waals surface area contributed by atoms with Gasteiger partial charge in [0.25, 0.3) is 0 Å². The number of Topliss-reactive ketones (excluding diaryl/α,β-unsaturated/α-hetero) is 1. The molecule has 0 unspecified atom stereocenters. The molecule has 1 N–H and O–H groups in total. The van der Waals surface area contributed by atoms with Crippen molar-refractivity contribution in [1.29, 1.82) is 0 Å². The van der Waals surface area contributed by atoms with Gasteiger partial charge in [0, 0.05) is 17.4 Å². The van der Waals surface area contributed by atoms with Crippen LogP contribution in [0.1, 0.15) is 22.8 Å². The molecule has 1 heterocycles. The highest BCUT2D eigenvalue weighted by Gasteiger charge is 2.08. The second-order valence-electron chi connectivity index (χ2n) is 5.49. The van der Waals surface area contributed by atoms with E-state index in [-0.39, 0.29) is 18.1 Å². The van der Waals surface area contributed by atoms with Gasteiger partial charge in [0.2, 0.25) is 5.91 Å². The van der Waals surface area contributed by atoms with E-state index in [4.69, 9.17) is 0 Å². The Balaban J connectivity index is 1.66. The van der Waals surface area contributed by atoms with Gasteiger partial charge >= 0.3 is 0 Å². The highest BCUT2D eigenvalue weighted by Crippen LogP contribution is 2.13. The summed E-state index contributed by atoms with van der Waals surface area (Å²) in [6.45, 7) is 1.50. The quantitative estimate of drug-likeness (QED) is 0.734. The van der Waals surface area contributed by atoms with Gasteiger partial charge in [0.1, 0.15) is 0 Å². The number of carbonyl (C=O) groups excluding carboxylic acids is 2. The van der Waals surface area contributed by atoms with Crippen LogP contribution in [0.3, 0.4) is 0 Å². The zero-order valence-electron chi connectivity index (χ0n) is 13.3. The predicted octanol–water partition coefficient (Wildman–Crippen LogP) is 3.26. The van der Waals surface area contributed by atoms with E-state index in [1.54, 1.807) is 35.1 Å². The molecule has 0 aliphatic carbocycles. The van der Waals surface area contributed by atoms with Crippen molar-refractivity contribution in [2.75, 3.05) is 5.32 Å². The first-order chi connectivity index (χ1) is 11.6. The topological polar surface area (TPSA) is 64.0 Å². The first-order valence-electron chi connectivity index (χ1n) is 7.61. The molecular weight excluding hydrogens is 302 g/mol. The summed E-state index contributed by atoms with van der Waals surface area (Å²) >= 11 is 0. The van der Waals surface area contributed by atoms with Crippen LogP contribution >= 0.6 is 0 Å². The molecule has 0 spiro atoms. The van der Waals surface area contributed by atoms with Gasteiger partial charge in [0.15, 0.2) is 5.78 Å². The monoisotopic (exact) mass is 319 g/mol. The molecule has 1 amide bonds. The Kier molecular flexibility index (Phi) is 4.52. The highest BCUT2D eigenvalue weighted by molar-refractivity contribution is 5.97. The molecule has 0 aliphatic heterocycles. The summed E-state index contributed by atoms with van der Waals surface area (Å²) in [5.41, 5.74) is 2.95. The van der Waals surface area contributed by atoms with Crippen LogP contribution in [-0.4, -0.2) is 21.5 Å². The number of amides is 1. The maximum absolute atomic E-state index is 12.2. The van der Waals surface area contributed by atoms with Gasteiger partial charge in [0.05, 0.1) is 18.3 Å². The molecule has 2 aromatic carbocycles. The Morgan fingerprint density at radius 3 is 2.62 bits per heavy atom. The molecule has 0 fully saturated rings. The predicted molar refractivity (Wildman–Crippen MR) is 92.3 cm³/mol. The molecule has 0 radical (unpaired) electrons. The van der Waals surface area contributed by atoms with Crippen molar-refractivity contribution in [3.63, 3.8) is 0 Å². The summed E-state index contributed by atoms with van der Waals surface area (Å²) in [5, 5.41) is 7.08. The number of anilines is 1. The Morgan fingerprint density at radius 1 is 1.08 bits per heavy atom. The summed E-state index contributed by atoms with van der Waals surface area (Å²) < 4.78 is 1.74. The lowest BCUT2D eigenvalue weighted by Crippen LogP contribution is -2.14. The molecule has 0 aliphatic rings. The number of para-hydroxylation sites is 1. The van der Waals surface area contributed by atoms with Gasteiger partial charge in [-0.3, -0.25) is 9.59 Å². The largest absolute Gasteiger partial charge is 0.326 e. The lowest BCUT2D eigenvalue weighted by Gasteiger charge is -2.05. The van der Waals surface area contributed by atoms with E-state index in [1.165, 1.54) is 6.92 Å². The third kappa shape index (κ3) is 3.76. The summed E-state index contributed by atoms with van der Waals surface area (Å²) in [5.74, 6) is -0.182. The zero-order chi connectivity index (χ0) is 16.9. The van der Waals surface area contributed by atoms with E-state index in [0.29, 0.717) is 11.3 Å². The molecule has 0 bridgehead atoms. The number of rotatable bonds is 5. The summed E-state index contributed by atoms with van der Waals surface area (Å²) in [6.07, 6.45) is 3.73. The average molecular weight is 319 g/mol. The Hall–Kier alpha value is -3.21. The third-order valence-electron chi connectivity index (χ3n) is 3.57. The standard InChI is InChI=1S/C19H17N3O2/c1-14(23)16-6-5-7-17(11-16)21-19(24)10-15-12-20-22(13-15)18-8-3-2-4-9-18/h2-9,11-13H,10H2,1H3,(H,21,24). The first-order valence-corrected chi connectivity index (χ1v) is 7.61. The van der Waals surface area contributed by atoms with Crippen molar-refractivity contribution in [1.82, 2.24) is 9.78 Å². The minimum atomic E-state index is -0.150. The third-order valence-corrected chi connectivity index (χ3v) is 3.57. The zero-order valence-corrected chi connectivity index (χ0v) is 13.3. The minimum absolute atomic E-state index is 0.0322. The molecular formula is C19H17N3O2. The summed E-state index contributed by atoms with van der Waals surface area (Å²) in [4.78, 5) is 23.6. The average Bonchev–Trinajstić information content (AvgIpc) is 3.04. The molecule has 24 heavy (non-hydrogen) atoms. The Bertz CT molecular complexity index is 869. The van der Waals surface area contributed by atoms with E-state index in [9.17, 15) is 9.59 Å². The number of carbonyl (C=O) groups is 2. The van der Waals surface area contributed by atoms with Crippen LogP contribution < -0.4 is 5.32 Å². The van der Waals surface area contributed by atoms with E-state index < -0.39 is 0 Å². The second kappa shape index (κ2) is 6.91. The first kappa shape index (κ1) is 15.7. The van der Waals surface area contributed by atoms with E-state index in [1.807, 2.05) is 36.5 Å². The van der Waals surface area contributed by atoms with Crippen LogP contribution in [0.4, 0.5) is 5.69 Å². The van der Waals surface area contributed by atoms with Gasteiger partial charge in [-0.1, -0.05) is 30.3 Å². The molecule has 0 saturated carbocycles. The minimum Gasteiger partial charge on any atom is -0.326 e. The van der Waals surface area contributed by atoms with Gasteiger partial charge in [-0.2, -0.15) is 5.10 Å². The van der Waals surface area contributed by atoms with Gasteiger partial charge in [-0.25, -0.2) is 4.68 Å². The summed E-state index contributed by atoms with van der Waals surface area (Å²) in [7, 11) is 0. The van der Waals surface area contributed by atoms with Crippen molar-refractivity contribution >= 4 is 17.4 Å². The Labute approximate surface area is 139 Å². The van der Waals surface area contributed by atoms with Gasteiger partial charge in [-0.05, 0) is 36.8 Å². The fourth-order valence-corrected chi connectivity index (χ4v) is 2.38. The number of hydrogen-bond acceptors (Lipinski definition) is 3. The molecule has 3 rings (SSSR count). The molecule has 3 aromatic rings. The Morgan fingerprint density at radius 2 is 1.88 bits per heavy atom. The number of benzene rings is 2. The van der Waals surface area contributed by atoms with Crippen molar-refractivity contribution in [3.8, 4) is 5.69 Å². The SMILES string of the molecule is CC(=O)c1cccc(NC(=O)Cc2cnn(-c3ccccc3)c2)c1. The van der Waals surface area contributed by atoms with Crippen LogP contribution in [0.25, 0.3) is 5.69 Å². The number of nitrogens with one attached hydrogen (secondary N) is 1. The number of nitrogens with zero attached hydrogens (tertiary/aromatic N) is 2. The maximum atomic E-state index is 12.2. The van der Waals surface area contributed by atoms with Gasteiger partial charge < -0.3 is 5.32 Å². The lowest BCUT2D eigenvalue weighted by molar-refractivity contribution is -0.115. The number of ketones is 1. The fraction of sp³-hybridized carbons (Fsp3) is 0.105. The number of hydrogen-bond donors (Lipinski definition) is 1. The van der Waals surface area contributed by atoms with Crippen molar-refractivity contribution < 1.29 is 9.59 Å². The van der Waals surface area contributed by atoms with E-state index in [0.717, 1.165) is 11.3 Å².